The van der Waals surface area contributed by atoms with Crippen molar-refractivity contribution >= 4 is 21.7 Å². The monoisotopic (exact) mass is 316 g/mol. The number of ether oxygens (including phenoxy) is 1. The van der Waals surface area contributed by atoms with E-state index in [0.29, 0.717) is 6.61 Å². The van der Waals surface area contributed by atoms with Crippen LogP contribution in [0.4, 0.5) is 5.69 Å². The average molecular weight is 316 g/mol. The highest BCUT2D eigenvalue weighted by Crippen LogP contribution is 2.23. The van der Waals surface area contributed by atoms with Crippen LogP contribution in [0.3, 0.4) is 0 Å². The lowest BCUT2D eigenvalue weighted by Gasteiger charge is -2.21. The smallest absolute Gasteiger partial charge is 0.337 e. The maximum absolute atomic E-state index is 12.6. The summed E-state index contributed by atoms with van der Waals surface area (Å²) in [6, 6.07) is 3.72. The second-order valence-electron chi connectivity index (χ2n) is 4.25. The number of benzene rings is 1. The molecule has 0 saturated carbocycles. The van der Waals surface area contributed by atoms with E-state index >= 15 is 0 Å². The second-order valence-corrected chi connectivity index (χ2v) is 6.16. The van der Waals surface area contributed by atoms with Crippen molar-refractivity contribution in [1.29, 1.82) is 0 Å². The number of sulfonamides is 1. The largest absolute Gasteiger partial charge is 0.478 e. The SMILES string of the molecule is CCOCCN(CC)S(=O)(=O)c1cc(N)ccc1C(=O)O. The average Bonchev–Trinajstić information content (AvgIpc) is 2.43. The van der Waals surface area contributed by atoms with Crippen LogP contribution in [0.1, 0.15) is 24.2 Å². The Morgan fingerprint density at radius 3 is 2.57 bits per heavy atom. The lowest BCUT2D eigenvalue weighted by Crippen LogP contribution is -2.34. The van der Waals surface area contributed by atoms with Gasteiger partial charge < -0.3 is 15.6 Å². The number of likely N-dealkylation sites (N-methyl/N-ethyl adjacent to an activating group) is 1. The van der Waals surface area contributed by atoms with Crippen molar-refractivity contribution in [2.75, 3.05) is 32.0 Å². The minimum absolute atomic E-state index is 0.153. The van der Waals surface area contributed by atoms with Gasteiger partial charge in [-0.3, -0.25) is 0 Å². The van der Waals surface area contributed by atoms with Gasteiger partial charge in [-0.25, -0.2) is 13.2 Å². The summed E-state index contributed by atoms with van der Waals surface area (Å²) in [6.45, 7) is 4.58. The minimum Gasteiger partial charge on any atom is -0.478 e. The van der Waals surface area contributed by atoms with Crippen LogP contribution in [-0.2, 0) is 14.8 Å². The summed E-state index contributed by atoms with van der Waals surface area (Å²) >= 11 is 0. The van der Waals surface area contributed by atoms with Gasteiger partial charge in [0.15, 0.2) is 0 Å². The number of carboxylic acids is 1. The molecule has 0 bridgehead atoms. The third-order valence-corrected chi connectivity index (χ3v) is 4.91. The minimum atomic E-state index is -3.94. The molecule has 0 heterocycles. The van der Waals surface area contributed by atoms with Gasteiger partial charge >= 0.3 is 5.97 Å². The van der Waals surface area contributed by atoms with E-state index in [4.69, 9.17) is 15.6 Å². The number of anilines is 1. The second kappa shape index (κ2) is 7.39. The molecule has 1 rings (SSSR count). The standard InChI is InChI=1S/C13H20N2O5S/c1-3-15(7-8-20-4-2)21(18,19)12-9-10(14)5-6-11(12)13(16)17/h5-6,9H,3-4,7-8,14H2,1-2H3,(H,16,17). The van der Waals surface area contributed by atoms with E-state index in [9.17, 15) is 13.2 Å². The zero-order chi connectivity index (χ0) is 16.0. The molecule has 0 aliphatic rings. The lowest BCUT2D eigenvalue weighted by atomic mass is 10.2. The molecule has 7 nitrogen and oxygen atoms in total. The molecular formula is C13H20N2O5S. The van der Waals surface area contributed by atoms with E-state index in [1.165, 1.54) is 22.5 Å². The summed E-state index contributed by atoms with van der Waals surface area (Å²) in [7, 11) is -3.94. The summed E-state index contributed by atoms with van der Waals surface area (Å²) < 4.78 is 31.5. The third-order valence-electron chi connectivity index (χ3n) is 2.90. The van der Waals surface area contributed by atoms with Crippen LogP contribution in [0.5, 0.6) is 0 Å². The molecule has 0 aliphatic carbocycles. The zero-order valence-corrected chi connectivity index (χ0v) is 12.9. The van der Waals surface area contributed by atoms with Gasteiger partial charge in [-0.2, -0.15) is 4.31 Å². The van der Waals surface area contributed by atoms with Crippen LogP contribution in [0, 0.1) is 0 Å². The number of carboxylic acid groups (broad SMARTS) is 1. The normalized spacial score (nSPS) is 11.8. The molecule has 0 amide bonds. The number of hydrogen-bond donors (Lipinski definition) is 2. The van der Waals surface area contributed by atoms with Crippen LogP contribution in [0.15, 0.2) is 23.1 Å². The molecule has 1 aromatic rings. The Hall–Kier alpha value is -1.64. The first kappa shape index (κ1) is 17.4. The van der Waals surface area contributed by atoms with Gasteiger partial charge in [-0.05, 0) is 25.1 Å². The molecule has 0 saturated heterocycles. The lowest BCUT2D eigenvalue weighted by molar-refractivity contribution is 0.0692. The Bertz CT molecular complexity index is 601. The molecule has 1 aromatic carbocycles. The molecule has 0 aromatic heterocycles. The molecular weight excluding hydrogens is 296 g/mol. The quantitative estimate of drug-likeness (QED) is 0.547. The maximum atomic E-state index is 12.6. The van der Waals surface area contributed by atoms with E-state index in [-0.39, 0.29) is 35.8 Å². The van der Waals surface area contributed by atoms with Gasteiger partial charge in [0.25, 0.3) is 0 Å². The predicted molar refractivity (Wildman–Crippen MR) is 78.7 cm³/mol. The molecule has 0 atom stereocenters. The van der Waals surface area contributed by atoms with Crippen molar-refractivity contribution in [2.24, 2.45) is 0 Å². The molecule has 118 valence electrons. The van der Waals surface area contributed by atoms with E-state index < -0.39 is 16.0 Å². The highest BCUT2D eigenvalue weighted by Gasteiger charge is 2.28. The van der Waals surface area contributed by atoms with Gasteiger partial charge in [0.05, 0.1) is 17.1 Å². The Kier molecular flexibility index (Phi) is 6.13. The van der Waals surface area contributed by atoms with Crippen molar-refractivity contribution in [2.45, 2.75) is 18.7 Å². The first-order chi connectivity index (χ1) is 9.84. The van der Waals surface area contributed by atoms with Gasteiger partial charge in [0.2, 0.25) is 10.0 Å². The molecule has 8 heteroatoms. The Morgan fingerprint density at radius 1 is 1.38 bits per heavy atom. The number of nitrogens with two attached hydrogens (primary N) is 1. The summed E-state index contributed by atoms with van der Waals surface area (Å²) in [5.41, 5.74) is 5.49. The van der Waals surface area contributed by atoms with Gasteiger partial charge in [0.1, 0.15) is 0 Å². The third kappa shape index (κ3) is 4.16. The number of aromatic carboxylic acids is 1. The van der Waals surface area contributed by atoms with E-state index in [1.807, 2.05) is 6.92 Å². The molecule has 0 fully saturated rings. The number of carbonyl (C=O) groups is 1. The predicted octanol–water partition coefficient (Wildman–Crippen LogP) is 1.01. The molecule has 0 spiro atoms. The van der Waals surface area contributed by atoms with E-state index in [2.05, 4.69) is 0 Å². The fourth-order valence-electron chi connectivity index (χ4n) is 1.83. The Balaban J connectivity index is 3.21. The van der Waals surface area contributed by atoms with E-state index in [0.717, 1.165) is 0 Å². The van der Waals surface area contributed by atoms with Crippen LogP contribution in [0.2, 0.25) is 0 Å². The Labute approximate surface area is 124 Å². The first-order valence-electron chi connectivity index (χ1n) is 6.55. The van der Waals surface area contributed by atoms with Crippen LogP contribution < -0.4 is 5.73 Å². The number of hydrogen-bond acceptors (Lipinski definition) is 5. The van der Waals surface area contributed by atoms with Gasteiger partial charge in [-0.1, -0.05) is 6.92 Å². The summed E-state index contributed by atoms with van der Waals surface area (Å²) in [6.07, 6.45) is 0. The number of rotatable bonds is 8. The fourth-order valence-corrected chi connectivity index (χ4v) is 3.48. The van der Waals surface area contributed by atoms with E-state index in [1.54, 1.807) is 6.92 Å². The van der Waals surface area contributed by atoms with Crippen molar-refractivity contribution in [3.63, 3.8) is 0 Å². The highest BCUT2D eigenvalue weighted by molar-refractivity contribution is 7.89. The summed E-state index contributed by atoms with van der Waals surface area (Å²) in [5.74, 6) is -1.31. The summed E-state index contributed by atoms with van der Waals surface area (Å²) in [4.78, 5) is 10.9. The van der Waals surface area contributed by atoms with Gasteiger partial charge in [0, 0.05) is 25.4 Å². The van der Waals surface area contributed by atoms with Gasteiger partial charge in [-0.15, -0.1) is 0 Å². The van der Waals surface area contributed by atoms with Crippen molar-refractivity contribution in [1.82, 2.24) is 4.31 Å². The van der Waals surface area contributed by atoms with Crippen molar-refractivity contribution < 1.29 is 23.1 Å². The molecule has 21 heavy (non-hydrogen) atoms. The highest BCUT2D eigenvalue weighted by atomic mass is 32.2. The number of nitrogen functional groups attached to an aromatic ring is 1. The zero-order valence-electron chi connectivity index (χ0n) is 12.1. The van der Waals surface area contributed by atoms with Crippen molar-refractivity contribution in [3.8, 4) is 0 Å². The molecule has 0 aliphatic heterocycles. The maximum Gasteiger partial charge on any atom is 0.337 e. The number of nitrogens with zero attached hydrogens (tertiary/aromatic N) is 1. The van der Waals surface area contributed by atoms with Crippen LogP contribution in [0.25, 0.3) is 0 Å². The molecule has 0 radical (unpaired) electrons. The molecule has 3 N–H and O–H groups in total. The van der Waals surface area contributed by atoms with Crippen LogP contribution >= 0.6 is 0 Å². The van der Waals surface area contributed by atoms with Crippen LogP contribution in [-0.4, -0.2) is 50.1 Å². The first-order valence-corrected chi connectivity index (χ1v) is 7.99. The summed E-state index contributed by atoms with van der Waals surface area (Å²) in [5, 5.41) is 9.14. The van der Waals surface area contributed by atoms with Crippen molar-refractivity contribution in [3.05, 3.63) is 23.8 Å². The Morgan fingerprint density at radius 2 is 2.05 bits per heavy atom. The topological polar surface area (TPSA) is 110 Å². The fraction of sp³-hybridized carbons (Fsp3) is 0.462. The molecule has 0 unspecified atom stereocenters.